The summed E-state index contributed by atoms with van der Waals surface area (Å²) in [6.07, 6.45) is 0. The molecule has 1 heterocycles. The maximum atomic E-state index is 12.7. The third-order valence-electron chi connectivity index (χ3n) is 4.22. The fraction of sp³-hybridized carbons (Fsp3) is 0.238. The predicted octanol–water partition coefficient (Wildman–Crippen LogP) is 4.82. The van der Waals surface area contributed by atoms with Gasteiger partial charge in [-0.1, -0.05) is 47.1 Å². The van der Waals surface area contributed by atoms with Crippen molar-refractivity contribution in [3.05, 3.63) is 82.2 Å². The molecule has 3 aromatic rings. The van der Waals surface area contributed by atoms with Gasteiger partial charge >= 0.3 is 0 Å². The number of hydrogen-bond donors (Lipinski definition) is 1. The number of carbonyl (C=O) groups excluding carboxylic acids is 1. The molecule has 0 aliphatic carbocycles. The number of rotatable bonds is 6. The highest BCUT2D eigenvalue weighted by Crippen LogP contribution is 2.28. The first-order chi connectivity index (χ1) is 12.5. The Morgan fingerprint density at radius 2 is 1.92 bits per heavy atom. The summed E-state index contributed by atoms with van der Waals surface area (Å²) in [5, 5.41) is 7.00. The molecule has 0 unspecified atom stereocenters. The van der Waals surface area contributed by atoms with Crippen molar-refractivity contribution in [3.8, 4) is 0 Å². The van der Waals surface area contributed by atoms with Crippen LogP contribution in [0.25, 0.3) is 0 Å². The Kier molecular flexibility index (Phi) is 5.78. The normalized spacial score (nSPS) is 10.7. The average Bonchev–Trinajstić information content (AvgIpc) is 2.96. The Bertz CT molecular complexity index is 898. The number of nitrogens with one attached hydrogen (secondary N) is 1. The summed E-state index contributed by atoms with van der Waals surface area (Å²) in [6.45, 7) is 6.42. The fourth-order valence-corrected chi connectivity index (χ4v) is 3.94. The zero-order chi connectivity index (χ0) is 18.5. The van der Waals surface area contributed by atoms with Gasteiger partial charge in [0.1, 0.15) is 5.76 Å². The van der Waals surface area contributed by atoms with Gasteiger partial charge in [0.2, 0.25) is 0 Å². The zero-order valence-electron chi connectivity index (χ0n) is 15.2. The van der Waals surface area contributed by atoms with E-state index in [0.717, 1.165) is 33.2 Å². The lowest BCUT2D eigenvalue weighted by atomic mass is 10.1. The monoisotopic (exact) mass is 366 g/mol. The van der Waals surface area contributed by atoms with Crippen molar-refractivity contribution in [2.24, 2.45) is 0 Å². The summed E-state index contributed by atoms with van der Waals surface area (Å²) < 4.78 is 5.22. The minimum Gasteiger partial charge on any atom is -0.361 e. The first kappa shape index (κ1) is 18.3. The Morgan fingerprint density at radius 1 is 1.12 bits per heavy atom. The third-order valence-corrected chi connectivity index (χ3v) is 5.32. The summed E-state index contributed by atoms with van der Waals surface area (Å²) >= 11 is 1.62. The molecule has 134 valence electrons. The minimum absolute atomic E-state index is 0.0617. The van der Waals surface area contributed by atoms with Crippen molar-refractivity contribution in [2.45, 2.75) is 38.0 Å². The molecular weight excluding hydrogens is 344 g/mol. The molecule has 0 bridgehead atoms. The Balaban J connectivity index is 1.69. The van der Waals surface area contributed by atoms with E-state index >= 15 is 0 Å². The molecule has 2 aromatic carbocycles. The molecule has 26 heavy (non-hydrogen) atoms. The SMILES string of the molecule is Cc1cccc(CNC(=O)c2ccccc2SCc2c(C)noc2C)c1. The molecule has 5 heteroatoms. The van der Waals surface area contributed by atoms with Crippen LogP contribution in [-0.4, -0.2) is 11.1 Å². The Labute approximate surface area is 158 Å². The van der Waals surface area contributed by atoms with Crippen LogP contribution < -0.4 is 5.32 Å². The summed E-state index contributed by atoms with van der Waals surface area (Å²) in [5.74, 6) is 1.49. The van der Waals surface area contributed by atoms with Crippen LogP contribution in [0.2, 0.25) is 0 Å². The molecule has 1 aromatic heterocycles. The number of aromatic nitrogens is 1. The van der Waals surface area contributed by atoms with Gasteiger partial charge in [0, 0.05) is 22.8 Å². The summed E-state index contributed by atoms with van der Waals surface area (Å²) in [6, 6.07) is 15.8. The highest BCUT2D eigenvalue weighted by molar-refractivity contribution is 7.98. The van der Waals surface area contributed by atoms with Gasteiger partial charge in [0.15, 0.2) is 0 Å². The quantitative estimate of drug-likeness (QED) is 0.635. The maximum Gasteiger partial charge on any atom is 0.252 e. The van der Waals surface area contributed by atoms with Gasteiger partial charge in [0.25, 0.3) is 5.91 Å². The van der Waals surface area contributed by atoms with E-state index in [1.54, 1.807) is 11.8 Å². The van der Waals surface area contributed by atoms with Crippen LogP contribution in [0.15, 0.2) is 57.9 Å². The van der Waals surface area contributed by atoms with Crippen molar-refractivity contribution >= 4 is 17.7 Å². The topological polar surface area (TPSA) is 55.1 Å². The van der Waals surface area contributed by atoms with Gasteiger partial charge in [-0.15, -0.1) is 11.8 Å². The van der Waals surface area contributed by atoms with Gasteiger partial charge < -0.3 is 9.84 Å². The molecule has 0 aliphatic heterocycles. The van der Waals surface area contributed by atoms with E-state index in [0.29, 0.717) is 12.1 Å². The minimum atomic E-state index is -0.0617. The predicted molar refractivity (Wildman–Crippen MR) is 104 cm³/mol. The Hall–Kier alpha value is -2.53. The lowest BCUT2D eigenvalue weighted by Gasteiger charge is -2.10. The number of carbonyl (C=O) groups is 1. The van der Waals surface area contributed by atoms with Crippen molar-refractivity contribution in [3.63, 3.8) is 0 Å². The smallest absolute Gasteiger partial charge is 0.252 e. The van der Waals surface area contributed by atoms with E-state index in [9.17, 15) is 4.79 Å². The number of nitrogens with zero attached hydrogens (tertiary/aromatic N) is 1. The molecule has 0 atom stereocenters. The number of aryl methyl sites for hydroxylation is 3. The van der Waals surface area contributed by atoms with Crippen LogP contribution >= 0.6 is 11.8 Å². The summed E-state index contributed by atoms with van der Waals surface area (Å²) in [4.78, 5) is 13.6. The molecule has 0 saturated heterocycles. The van der Waals surface area contributed by atoms with E-state index in [2.05, 4.69) is 16.5 Å². The Morgan fingerprint density at radius 3 is 2.65 bits per heavy atom. The van der Waals surface area contributed by atoms with Crippen LogP contribution in [0.3, 0.4) is 0 Å². The third kappa shape index (κ3) is 4.35. The molecule has 0 aliphatic rings. The maximum absolute atomic E-state index is 12.7. The molecule has 3 rings (SSSR count). The first-order valence-electron chi connectivity index (χ1n) is 8.52. The zero-order valence-corrected chi connectivity index (χ0v) is 16.0. The van der Waals surface area contributed by atoms with Gasteiger partial charge in [0.05, 0.1) is 11.3 Å². The van der Waals surface area contributed by atoms with Gasteiger partial charge in [-0.2, -0.15) is 0 Å². The molecule has 0 fully saturated rings. The second-order valence-corrected chi connectivity index (χ2v) is 7.28. The van der Waals surface area contributed by atoms with Crippen LogP contribution in [0.5, 0.6) is 0 Å². The van der Waals surface area contributed by atoms with Gasteiger partial charge in [-0.05, 0) is 38.5 Å². The molecule has 0 saturated carbocycles. The first-order valence-corrected chi connectivity index (χ1v) is 9.50. The standard InChI is InChI=1S/C21H22N2O2S/c1-14-7-6-8-17(11-14)12-22-21(24)18-9-4-5-10-20(18)26-13-19-15(2)23-25-16(19)3/h4-11H,12-13H2,1-3H3,(H,22,24). The molecule has 4 nitrogen and oxygen atoms in total. The van der Waals surface area contributed by atoms with Crippen molar-refractivity contribution in [1.82, 2.24) is 10.5 Å². The number of benzene rings is 2. The lowest BCUT2D eigenvalue weighted by molar-refractivity contribution is 0.0948. The second kappa shape index (κ2) is 8.23. The van der Waals surface area contributed by atoms with E-state index in [4.69, 9.17) is 4.52 Å². The summed E-state index contributed by atoms with van der Waals surface area (Å²) in [7, 11) is 0. The average molecular weight is 366 g/mol. The van der Waals surface area contributed by atoms with Crippen molar-refractivity contribution in [2.75, 3.05) is 0 Å². The van der Waals surface area contributed by atoms with Crippen LogP contribution in [-0.2, 0) is 12.3 Å². The fourth-order valence-electron chi connectivity index (χ4n) is 2.74. The number of amides is 1. The van der Waals surface area contributed by atoms with Crippen LogP contribution in [0, 0.1) is 20.8 Å². The highest BCUT2D eigenvalue weighted by atomic mass is 32.2. The van der Waals surface area contributed by atoms with Crippen molar-refractivity contribution in [1.29, 1.82) is 0 Å². The second-order valence-electron chi connectivity index (χ2n) is 6.26. The molecule has 0 radical (unpaired) electrons. The van der Waals surface area contributed by atoms with E-state index in [1.807, 2.05) is 63.2 Å². The molecule has 0 spiro atoms. The van der Waals surface area contributed by atoms with Crippen molar-refractivity contribution < 1.29 is 9.32 Å². The van der Waals surface area contributed by atoms with Crippen LogP contribution in [0.4, 0.5) is 0 Å². The van der Waals surface area contributed by atoms with Gasteiger partial charge in [-0.25, -0.2) is 0 Å². The summed E-state index contributed by atoms with van der Waals surface area (Å²) in [5.41, 5.74) is 4.96. The van der Waals surface area contributed by atoms with E-state index in [1.165, 1.54) is 5.56 Å². The van der Waals surface area contributed by atoms with E-state index < -0.39 is 0 Å². The molecule has 1 amide bonds. The number of hydrogen-bond acceptors (Lipinski definition) is 4. The largest absolute Gasteiger partial charge is 0.361 e. The van der Waals surface area contributed by atoms with E-state index in [-0.39, 0.29) is 5.91 Å². The molecular formula is C21H22N2O2S. The highest BCUT2D eigenvalue weighted by Gasteiger charge is 2.14. The number of thioether (sulfide) groups is 1. The van der Waals surface area contributed by atoms with Gasteiger partial charge in [-0.3, -0.25) is 4.79 Å². The molecule has 1 N–H and O–H groups in total. The lowest BCUT2D eigenvalue weighted by Crippen LogP contribution is -2.23. The van der Waals surface area contributed by atoms with Crippen LogP contribution in [0.1, 0.15) is 38.5 Å².